The van der Waals surface area contributed by atoms with Crippen molar-refractivity contribution in [3.05, 3.63) is 0 Å². The van der Waals surface area contributed by atoms with Gasteiger partial charge in [0.25, 0.3) is 0 Å². The first kappa shape index (κ1) is 13.9. The molecule has 1 amide bonds. The third kappa shape index (κ3) is 4.30. The Morgan fingerprint density at radius 1 is 1.60 bits per heavy atom. The van der Waals surface area contributed by atoms with Crippen LogP contribution < -0.4 is 5.32 Å². The maximum Gasteiger partial charge on any atom is 0.240 e. The number of carbonyl (C=O) groups is 1. The number of nitrogens with zero attached hydrogens (tertiary/aromatic N) is 1. The second-order valence-electron chi connectivity index (χ2n) is 4.26. The molecule has 2 N–H and O–H groups in total. The van der Waals surface area contributed by atoms with Gasteiger partial charge in [0.15, 0.2) is 0 Å². The third-order valence-corrected chi connectivity index (χ3v) is 2.53. The molecule has 0 saturated carbocycles. The Hall–Kier alpha value is -1.08. The smallest absolute Gasteiger partial charge is 0.240 e. The van der Waals surface area contributed by atoms with Crippen molar-refractivity contribution < 1.29 is 9.90 Å². The summed E-state index contributed by atoms with van der Waals surface area (Å²) in [5.74, 6) is -0.263. The number of carbonyl (C=O) groups excluding carboxylic acids is 1. The van der Waals surface area contributed by atoms with Crippen LogP contribution in [-0.2, 0) is 4.79 Å². The molecule has 0 heterocycles. The van der Waals surface area contributed by atoms with Gasteiger partial charge in [-0.05, 0) is 33.6 Å². The van der Waals surface area contributed by atoms with Crippen molar-refractivity contribution in [1.29, 1.82) is 5.26 Å². The third-order valence-electron chi connectivity index (χ3n) is 2.53. The Kier molecular flexibility index (Phi) is 5.31. The molecule has 0 aliphatic carbocycles. The topological polar surface area (TPSA) is 73.1 Å². The van der Waals surface area contributed by atoms with Crippen LogP contribution in [0.2, 0.25) is 0 Å². The van der Waals surface area contributed by atoms with E-state index in [0.717, 1.165) is 0 Å². The van der Waals surface area contributed by atoms with E-state index in [9.17, 15) is 4.79 Å². The highest BCUT2D eigenvalue weighted by molar-refractivity contribution is 5.85. The van der Waals surface area contributed by atoms with E-state index in [0.29, 0.717) is 12.8 Å². The van der Waals surface area contributed by atoms with Crippen LogP contribution >= 0.6 is 0 Å². The highest BCUT2D eigenvalue weighted by Crippen LogP contribution is 2.20. The number of nitrogens with one attached hydrogen (secondary N) is 1. The zero-order chi connectivity index (χ0) is 12.1. The average molecular weight is 212 g/mol. The quantitative estimate of drug-likeness (QED) is 0.719. The predicted octanol–water partition coefficient (Wildman–Crippen LogP) is 1.20. The second-order valence-corrected chi connectivity index (χ2v) is 4.26. The van der Waals surface area contributed by atoms with Crippen molar-refractivity contribution >= 4 is 5.91 Å². The fourth-order valence-corrected chi connectivity index (χ4v) is 1.24. The minimum Gasteiger partial charge on any atom is -0.393 e. The molecule has 15 heavy (non-hydrogen) atoms. The molecule has 0 aromatic rings. The summed E-state index contributed by atoms with van der Waals surface area (Å²) >= 11 is 0. The molecule has 4 nitrogen and oxygen atoms in total. The zero-order valence-electron chi connectivity index (χ0n) is 9.87. The fraction of sp³-hybridized carbons (Fsp3) is 0.818. The molecule has 3 unspecified atom stereocenters. The first-order chi connectivity index (χ1) is 6.85. The van der Waals surface area contributed by atoms with Gasteiger partial charge in [0.05, 0.1) is 12.2 Å². The van der Waals surface area contributed by atoms with Crippen molar-refractivity contribution in [3.63, 3.8) is 0 Å². The lowest BCUT2D eigenvalue weighted by molar-refractivity contribution is -0.128. The highest BCUT2D eigenvalue weighted by Gasteiger charge is 2.31. The summed E-state index contributed by atoms with van der Waals surface area (Å²) < 4.78 is 0. The van der Waals surface area contributed by atoms with Gasteiger partial charge in [-0.1, -0.05) is 6.92 Å². The molecule has 0 aromatic carbocycles. The molecule has 86 valence electrons. The Labute approximate surface area is 91.3 Å². The van der Waals surface area contributed by atoms with E-state index in [1.807, 2.05) is 19.9 Å². The van der Waals surface area contributed by atoms with Gasteiger partial charge in [0.2, 0.25) is 5.91 Å². The monoisotopic (exact) mass is 212 g/mol. The van der Waals surface area contributed by atoms with Crippen LogP contribution in [0.5, 0.6) is 0 Å². The largest absolute Gasteiger partial charge is 0.393 e. The molecule has 4 heteroatoms. The first-order valence-corrected chi connectivity index (χ1v) is 5.26. The number of rotatable bonds is 5. The number of aliphatic hydroxyl groups excluding tert-OH is 1. The lowest BCUT2D eigenvalue weighted by atomic mass is 9.88. The van der Waals surface area contributed by atoms with E-state index >= 15 is 0 Å². The number of nitriles is 1. The van der Waals surface area contributed by atoms with E-state index in [2.05, 4.69) is 5.32 Å². The molecule has 0 aromatic heterocycles. The van der Waals surface area contributed by atoms with Crippen molar-refractivity contribution in [2.75, 3.05) is 0 Å². The first-order valence-electron chi connectivity index (χ1n) is 5.26. The molecule has 0 aliphatic heterocycles. The van der Waals surface area contributed by atoms with Gasteiger partial charge < -0.3 is 10.4 Å². The molecule has 0 bridgehead atoms. The van der Waals surface area contributed by atoms with Gasteiger partial charge in [-0.15, -0.1) is 0 Å². The minimum absolute atomic E-state index is 0.114. The second kappa shape index (κ2) is 5.72. The normalized spacial score (nSPS) is 18.4. The highest BCUT2D eigenvalue weighted by atomic mass is 16.3. The molecule has 0 aliphatic rings. The standard InChI is InChI=1S/C11H20N2O2/c1-5-11(4,7-12)10(15)13-8(2)6-9(3)14/h8-9,14H,5-6H2,1-4H3,(H,13,15). The Morgan fingerprint density at radius 3 is 2.47 bits per heavy atom. The maximum absolute atomic E-state index is 11.7. The van der Waals surface area contributed by atoms with E-state index in [-0.39, 0.29) is 11.9 Å². The molecular weight excluding hydrogens is 192 g/mol. The summed E-state index contributed by atoms with van der Waals surface area (Å²) in [5, 5.41) is 20.8. The fourth-order valence-electron chi connectivity index (χ4n) is 1.24. The van der Waals surface area contributed by atoms with Crippen LogP contribution in [0.25, 0.3) is 0 Å². The van der Waals surface area contributed by atoms with Crippen molar-refractivity contribution in [2.24, 2.45) is 5.41 Å². The maximum atomic E-state index is 11.7. The average Bonchev–Trinajstić information content (AvgIpc) is 2.15. The van der Waals surface area contributed by atoms with Crippen LogP contribution in [0.1, 0.15) is 40.5 Å². The van der Waals surface area contributed by atoms with Gasteiger partial charge in [0, 0.05) is 6.04 Å². The lowest BCUT2D eigenvalue weighted by Gasteiger charge is -2.22. The molecule has 0 spiro atoms. The van der Waals surface area contributed by atoms with Crippen LogP contribution in [0, 0.1) is 16.7 Å². The zero-order valence-corrected chi connectivity index (χ0v) is 9.87. The van der Waals surface area contributed by atoms with E-state index in [4.69, 9.17) is 10.4 Å². The van der Waals surface area contributed by atoms with Crippen molar-refractivity contribution in [2.45, 2.75) is 52.7 Å². The van der Waals surface area contributed by atoms with Gasteiger partial charge >= 0.3 is 0 Å². The van der Waals surface area contributed by atoms with Gasteiger partial charge in [-0.3, -0.25) is 4.79 Å². The number of aliphatic hydroxyl groups is 1. The van der Waals surface area contributed by atoms with E-state index < -0.39 is 11.5 Å². The summed E-state index contributed by atoms with van der Waals surface area (Å²) in [4.78, 5) is 11.7. The van der Waals surface area contributed by atoms with Crippen LogP contribution in [0.15, 0.2) is 0 Å². The van der Waals surface area contributed by atoms with Crippen molar-refractivity contribution in [1.82, 2.24) is 5.32 Å². The van der Waals surface area contributed by atoms with Crippen LogP contribution in [0.4, 0.5) is 0 Å². The predicted molar refractivity (Wildman–Crippen MR) is 57.9 cm³/mol. The van der Waals surface area contributed by atoms with Crippen LogP contribution in [-0.4, -0.2) is 23.2 Å². The Balaban J connectivity index is 4.31. The van der Waals surface area contributed by atoms with E-state index in [1.54, 1.807) is 13.8 Å². The van der Waals surface area contributed by atoms with Crippen molar-refractivity contribution in [3.8, 4) is 6.07 Å². The Bertz CT molecular complexity index is 258. The van der Waals surface area contributed by atoms with Crippen LogP contribution in [0.3, 0.4) is 0 Å². The molecular formula is C11H20N2O2. The number of hydrogen-bond acceptors (Lipinski definition) is 3. The number of amides is 1. The molecule has 0 fully saturated rings. The van der Waals surface area contributed by atoms with Gasteiger partial charge in [-0.25, -0.2) is 0 Å². The van der Waals surface area contributed by atoms with Gasteiger partial charge in [-0.2, -0.15) is 5.26 Å². The SMILES string of the molecule is CCC(C)(C#N)C(=O)NC(C)CC(C)O. The summed E-state index contributed by atoms with van der Waals surface area (Å²) in [5.41, 5.74) is -0.965. The van der Waals surface area contributed by atoms with Gasteiger partial charge in [0.1, 0.15) is 5.41 Å². The summed E-state index contributed by atoms with van der Waals surface area (Å²) in [6.07, 6.45) is 0.531. The number of hydrogen-bond donors (Lipinski definition) is 2. The molecule has 0 saturated heterocycles. The summed E-state index contributed by atoms with van der Waals surface area (Å²) in [6, 6.07) is 1.90. The minimum atomic E-state index is -0.965. The Morgan fingerprint density at radius 2 is 2.13 bits per heavy atom. The molecule has 0 radical (unpaired) electrons. The molecule has 0 rings (SSSR count). The van der Waals surface area contributed by atoms with E-state index in [1.165, 1.54) is 0 Å². The lowest BCUT2D eigenvalue weighted by Crippen LogP contribution is -2.43. The summed E-state index contributed by atoms with van der Waals surface area (Å²) in [7, 11) is 0. The molecule has 3 atom stereocenters. The summed E-state index contributed by atoms with van der Waals surface area (Å²) in [6.45, 7) is 6.92.